The van der Waals surface area contributed by atoms with Gasteiger partial charge in [0.2, 0.25) is 0 Å². The minimum atomic E-state index is -3.02. The predicted octanol–water partition coefficient (Wildman–Crippen LogP) is 6.00. The Hall–Kier alpha value is -1.32. The molecule has 0 bridgehead atoms. The zero-order valence-electron chi connectivity index (χ0n) is 14.8. The third-order valence-electron chi connectivity index (χ3n) is 4.09. The summed E-state index contributed by atoms with van der Waals surface area (Å²) in [6.07, 6.45) is 3.32. The first kappa shape index (κ1) is 20.0. The number of hydrogen-bond donors (Lipinski definition) is 1. The van der Waals surface area contributed by atoms with Crippen LogP contribution >= 0.6 is 20.6 Å². The molecule has 6 heteroatoms. The Kier molecular flexibility index (Phi) is 6.70. The van der Waals surface area contributed by atoms with Crippen molar-refractivity contribution in [2.45, 2.75) is 52.1 Å². The highest BCUT2D eigenvalue weighted by Crippen LogP contribution is 2.37. The largest absolute Gasteiger partial charge is 0.322 e. The number of rotatable bonds is 7. The number of carbonyl (C=O) groups is 1. The van der Waals surface area contributed by atoms with Crippen LogP contribution < -0.4 is 5.32 Å². The van der Waals surface area contributed by atoms with Crippen molar-refractivity contribution in [3.8, 4) is 0 Å². The van der Waals surface area contributed by atoms with E-state index in [0.717, 1.165) is 30.4 Å². The normalized spacial score (nSPS) is 11.6. The molecule has 1 aromatic carbocycles. The Balaban J connectivity index is 2.33. The zero-order chi connectivity index (χ0) is 18.6. The van der Waals surface area contributed by atoms with Crippen molar-refractivity contribution in [3.05, 3.63) is 50.7 Å². The summed E-state index contributed by atoms with van der Waals surface area (Å²) in [7, 11) is 1.55. The van der Waals surface area contributed by atoms with Crippen LogP contribution in [0.1, 0.15) is 59.1 Å². The topological polar surface area (TPSA) is 29.1 Å². The van der Waals surface area contributed by atoms with E-state index in [1.165, 1.54) is 17.0 Å². The average Bonchev–Trinajstić information content (AvgIpc) is 2.97. The van der Waals surface area contributed by atoms with Gasteiger partial charge in [-0.1, -0.05) is 36.4 Å². The highest BCUT2D eigenvalue weighted by atomic mass is 32.1. The van der Waals surface area contributed by atoms with Crippen molar-refractivity contribution in [1.82, 2.24) is 0 Å². The molecule has 25 heavy (non-hydrogen) atoms. The Labute approximate surface area is 154 Å². The molecule has 0 aliphatic rings. The van der Waals surface area contributed by atoms with Crippen LogP contribution in [-0.4, -0.2) is 5.91 Å². The molecule has 136 valence electrons. The summed E-state index contributed by atoms with van der Waals surface area (Å²) in [4.78, 5) is 13.9. The lowest BCUT2D eigenvalue weighted by Crippen LogP contribution is -2.14. The van der Waals surface area contributed by atoms with Crippen LogP contribution in [0.25, 0.3) is 0 Å². The summed E-state index contributed by atoms with van der Waals surface area (Å²) in [5.41, 5.74) is -0.215. The quantitative estimate of drug-likeness (QED) is 0.584. The minimum absolute atomic E-state index is 0.111. The number of aryl methyl sites for hydroxylation is 2. The van der Waals surface area contributed by atoms with Crippen molar-refractivity contribution in [2.75, 3.05) is 5.32 Å². The van der Waals surface area contributed by atoms with Gasteiger partial charge in [-0.05, 0) is 48.6 Å². The van der Waals surface area contributed by atoms with Crippen LogP contribution in [0.4, 0.5) is 14.5 Å². The lowest BCUT2D eigenvalue weighted by atomic mass is 10.0. The third-order valence-corrected chi connectivity index (χ3v) is 5.60. The van der Waals surface area contributed by atoms with E-state index >= 15 is 0 Å². The average molecular weight is 383 g/mol. The molecule has 0 aliphatic carbocycles. The minimum Gasteiger partial charge on any atom is -0.322 e. The molecule has 1 atom stereocenters. The number of amides is 1. The maximum Gasteiger partial charge on any atom is 0.283 e. The van der Waals surface area contributed by atoms with Crippen molar-refractivity contribution >= 4 is 32.2 Å². The van der Waals surface area contributed by atoms with Crippen LogP contribution in [-0.2, 0) is 24.9 Å². The standard InChI is InChI=1S/C19H24F2NOPS/c1-4-7-15-16(11-25-17(15)6-3)18(23)22-14-9-12(5-2)8-13(10-14)19(20,21)24/h8-11H,4-7,24H2,1-3H3,(H,22,23). The molecule has 1 unspecified atom stereocenters. The number of nitrogens with one attached hydrogen (secondary N) is 1. The number of alkyl halides is 2. The first-order chi connectivity index (χ1) is 11.8. The Morgan fingerprint density at radius 1 is 1.20 bits per heavy atom. The van der Waals surface area contributed by atoms with Crippen LogP contribution in [0.3, 0.4) is 0 Å². The van der Waals surface area contributed by atoms with E-state index < -0.39 is 5.66 Å². The van der Waals surface area contributed by atoms with Gasteiger partial charge in [-0.25, -0.2) is 0 Å². The SMILES string of the molecule is CCCc1c(C(=O)Nc2cc(CC)cc(C(F)(F)P)c2)csc1CC. The van der Waals surface area contributed by atoms with Gasteiger partial charge in [0.15, 0.2) is 0 Å². The zero-order valence-corrected chi connectivity index (χ0v) is 16.8. The molecule has 2 aromatic rings. The molecule has 1 N–H and O–H groups in total. The molecule has 0 fully saturated rings. The Bertz CT molecular complexity index is 752. The van der Waals surface area contributed by atoms with Crippen molar-refractivity contribution in [3.63, 3.8) is 0 Å². The maximum atomic E-state index is 13.7. The van der Waals surface area contributed by atoms with Crippen molar-refractivity contribution in [1.29, 1.82) is 0 Å². The fourth-order valence-electron chi connectivity index (χ4n) is 2.79. The van der Waals surface area contributed by atoms with Gasteiger partial charge in [0.25, 0.3) is 11.6 Å². The van der Waals surface area contributed by atoms with E-state index in [0.29, 0.717) is 17.7 Å². The number of carbonyl (C=O) groups excluding carboxylic acids is 1. The number of halogens is 2. The number of benzene rings is 1. The first-order valence-electron chi connectivity index (χ1n) is 8.51. The summed E-state index contributed by atoms with van der Waals surface area (Å²) in [6, 6.07) is 4.58. The van der Waals surface area contributed by atoms with Crippen molar-refractivity contribution < 1.29 is 13.6 Å². The Morgan fingerprint density at radius 2 is 1.92 bits per heavy atom. The van der Waals surface area contributed by atoms with E-state index in [1.54, 1.807) is 26.6 Å². The highest BCUT2D eigenvalue weighted by molar-refractivity contribution is 7.17. The van der Waals surface area contributed by atoms with E-state index in [-0.39, 0.29) is 11.5 Å². The summed E-state index contributed by atoms with van der Waals surface area (Å²) >= 11 is 1.59. The molecule has 2 rings (SSSR count). The number of thiophene rings is 1. The summed E-state index contributed by atoms with van der Waals surface area (Å²) in [6.45, 7) is 6.05. The lowest BCUT2D eigenvalue weighted by Gasteiger charge is -2.15. The van der Waals surface area contributed by atoms with Gasteiger partial charge >= 0.3 is 0 Å². The summed E-state index contributed by atoms with van der Waals surface area (Å²) < 4.78 is 27.4. The van der Waals surface area contributed by atoms with E-state index in [2.05, 4.69) is 19.2 Å². The lowest BCUT2D eigenvalue weighted by molar-refractivity contribution is 0.101. The van der Waals surface area contributed by atoms with E-state index in [4.69, 9.17) is 0 Å². The second-order valence-electron chi connectivity index (χ2n) is 6.00. The molecule has 0 saturated carbocycles. The second-order valence-corrected chi connectivity index (χ2v) is 7.69. The van der Waals surface area contributed by atoms with Gasteiger partial charge in [-0.15, -0.1) is 11.3 Å². The van der Waals surface area contributed by atoms with Crippen LogP contribution in [0, 0.1) is 0 Å². The van der Waals surface area contributed by atoms with Crippen LogP contribution in [0.2, 0.25) is 0 Å². The molecule has 1 amide bonds. The molecule has 0 saturated heterocycles. The molecule has 1 heterocycles. The fourth-order valence-corrected chi connectivity index (χ4v) is 3.99. The molecule has 0 spiro atoms. The smallest absolute Gasteiger partial charge is 0.283 e. The highest BCUT2D eigenvalue weighted by Gasteiger charge is 2.26. The molecule has 1 aromatic heterocycles. The van der Waals surface area contributed by atoms with Crippen LogP contribution in [0.15, 0.2) is 23.6 Å². The summed E-state index contributed by atoms with van der Waals surface area (Å²) in [5, 5.41) is 4.68. The van der Waals surface area contributed by atoms with Gasteiger partial charge in [0.1, 0.15) is 0 Å². The third kappa shape index (κ3) is 4.86. The second kappa shape index (κ2) is 8.37. The Morgan fingerprint density at radius 3 is 2.48 bits per heavy atom. The monoisotopic (exact) mass is 383 g/mol. The molecular weight excluding hydrogens is 359 g/mol. The van der Waals surface area contributed by atoms with Gasteiger partial charge in [0, 0.05) is 21.5 Å². The van der Waals surface area contributed by atoms with Gasteiger partial charge in [0.05, 0.1) is 5.56 Å². The van der Waals surface area contributed by atoms with E-state index in [9.17, 15) is 13.6 Å². The number of hydrogen-bond acceptors (Lipinski definition) is 2. The van der Waals surface area contributed by atoms with Gasteiger partial charge in [-0.3, -0.25) is 4.79 Å². The van der Waals surface area contributed by atoms with Gasteiger partial charge < -0.3 is 5.32 Å². The van der Waals surface area contributed by atoms with Crippen molar-refractivity contribution in [2.24, 2.45) is 0 Å². The van der Waals surface area contributed by atoms with Gasteiger partial charge in [-0.2, -0.15) is 8.78 Å². The fraction of sp³-hybridized carbons (Fsp3) is 0.421. The first-order valence-corrected chi connectivity index (χ1v) is 9.97. The molecular formula is C19H24F2NOPS. The predicted molar refractivity (Wildman–Crippen MR) is 105 cm³/mol. The maximum absolute atomic E-state index is 13.7. The molecule has 0 radical (unpaired) electrons. The molecule has 2 nitrogen and oxygen atoms in total. The van der Waals surface area contributed by atoms with E-state index in [1.807, 2.05) is 12.3 Å². The number of anilines is 1. The summed E-state index contributed by atoms with van der Waals surface area (Å²) in [5.74, 6) is -0.231. The molecule has 0 aliphatic heterocycles. The van der Waals surface area contributed by atoms with Crippen LogP contribution in [0.5, 0.6) is 0 Å².